The van der Waals surface area contributed by atoms with E-state index in [0.717, 1.165) is 0 Å². The number of nitrogens with zero attached hydrogens (tertiary/aromatic N) is 1. The Labute approximate surface area is 144 Å². The van der Waals surface area contributed by atoms with Gasteiger partial charge in [0, 0.05) is 30.8 Å². The van der Waals surface area contributed by atoms with Crippen molar-refractivity contribution in [3.05, 3.63) is 65.2 Å². The molecule has 6 heteroatoms. The Balaban J connectivity index is 1.64. The molecular weight excluding hydrogens is 326 g/mol. The Morgan fingerprint density at radius 2 is 1.96 bits per heavy atom. The Bertz CT molecular complexity index is 823. The number of benzene rings is 2. The first-order valence-electron chi connectivity index (χ1n) is 8.03. The predicted molar refractivity (Wildman–Crippen MR) is 89.8 cm³/mol. The quantitative estimate of drug-likeness (QED) is 0.927. The highest BCUT2D eigenvalue weighted by Crippen LogP contribution is 2.26. The Morgan fingerprint density at radius 1 is 1.20 bits per heavy atom. The van der Waals surface area contributed by atoms with Gasteiger partial charge in [-0.05, 0) is 30.7 Å². The molecule has 0 aromatic heterocycles. The van der Waals surface area contributed by atoms with Crippen LogP contribution < -0.4 is 10.2 Å². The lowest BCUT2D eigenvalue weighted by molar-refractivity contribution is -0.126. The van der Waals surface area contributed by atoms with Gasteiger partial charge >= 0.3 is 0 Å². The summed E-state index contributed by atoms with van der Waals surface area (Å²) in [6.45, 7) is 1.89. The summed E-state index contributed by atoms with van der Waals surface area (Å²) >= 11 is 0. The summed E-state index contributed by atoms with van der Waals surface area (Å²) in [6, 6.07) is 10.8. The van der Waals surface area contributed by atoms with Gasteiger partial charge in [0.05, 0.1) is 5.92 Å². The first-order valence-corrected chi connectivity index (χ1v) is 8.03. The van der Waals surface area contributed by atoms with E-state index in [-0.39, 0.29) is 37.1 Å². The molecule has 1 N–H and O–H groups in total. The molecule has 2 amide bonds. The number of rotatable bonds is 4. The lowest BCUT2D eigenvalue weighted by atomic mass is 10.1. The van der Waals surface area contributed by atoms with Gasteiger partial charge in [-0.3, -0.25) is 9.59 Å². The van der Waals surface area contributed by atoms with Crippen molar-refractivity contribution < 1.29 is 18.4 Å². The minimum absolute atomic E-state index is 0.0542. The summed E-state index contributed by atoms with van der Waals surface area (Å²) in [4.78, 5) is 25.9. The van der Waals surface area contributed by atoms with Crippen LogP contribution >= 0.6 is 0 Å². The monoisotopic (exact) mass is 344 g/mol. The fraction of sp³-hybridized carbons (Fsp3) is 0.263. The molecule has 0 bridgehead atoms. The molecule has 1 fully saturated rings. The van der Waals surface area contributed by atoms with Crippen molar-refractivity contribution in [2.24, 2.45) is 5.92 Å². The molecule has 2 aromatic rings. The summed E-state index contributed by atoms with van der Waals surface area (Å²) < 4.78 is 27.3. The molecule has 1 atom stereocenters. The van der Waals surface area contributed by atoms with Gasteiger partial charge < -0.3 is 10.2 Å². The van der Waals surface area contributed by atoms with Crippen LogP contribution in [0.4, 0.5) is 14.5 Å². The smallest absolute Gasteiger partial charge is 0.227 e. The normalized spacial score (nSPS) is 17.0. The number of hydrogen-bond acceptors (Lipinski definition) is 2. The summed E-state index contributed by atoms with van der Waals surface area (Å²) in [7, 11) is 0. The number of hydrogen-bond donors (Lipinski definition) is 1. The Hall–Kier alpha value is -2.76. The number of carbonyl (C=O) groups is 2. The number of nitrogens with one attached hydrogen (secondary N) is 1. The molecule has 1 aliphatic rings. The summed E-state index contributed by atoms with van der Waals surface area (Å²) in [5, 5.41) is 2.66. The number of aryl methyl sites for hydroxylation is 1. The zero-order valence-corrected chi connectivity index (χ0v) is 13.8. The Kier molecular flexibility index (Phi) is 4.79. The molecule has 1 aliphatic heterocycles. The van der Waals surface area contributed by atoms with Crippen molar-refractivity contribution in [3.8, 4) is 0 Å². The summed E-state index contributed by atoms with van der Waals surface area (Å²) in [6.07, 6.45) is 0.0542. The topological polar surface area (TPSA) is 49.4 Å². The lowest BCUT2D eigenvalue weighted by Gasteiger charge is -2.17. The number of carbonyl (C=O) groups excluding carboxylic acids is 2. The average Bonchev–Trinajstić information content (AvgIpc) is 2.98. The summed E-state index contributed by atoms with van der Waals surface area (Å²) in [5.41, 5.74) is 1.32. The van der Waals surface area contributed by atoms with Crippen LogP contribution in [0.25, 0.3) is 0 Å². The van der Waals surface area contributed by atoms with Crippen molar-refractivity contribution >= 4 is 17.5 Å². The van der Waals surface area contributed by atoms with Crippen LogP contribution in [0.5, 0.6) is 0 Å². The van der Waals surface area contributed by atoms with Crippen LogP contribution in [0, 0.1) is 24.5 Å². The fourth-order valence-corrected chi connectivity index (χ4v) is 2.85. The third-order valence-corrected chi connectivity index (χ3v) is 4.37. The number of amides is 2. The molecule has 1 heterocycles. The third kappa shape index (κ3) is 3.68. The zero-order valence-electron chi connectivity index (χ0n) is 13.8. The van der Waals surface area contributed by atoms with Crippen molar-refractivity contribution in [3.63, 3.8) is 0 Å². The minimum Gasteiger partial charge on any atom is -0.352 e. The maximum absolute atomic E-state index is 13.7. The van der Waals surface area contributed by atoms with Crippen LogP contribution in [0.15, 0.2) is 42.5 Å². The molecule has 1 saturated heterocycles. The first-order chi connectivity index (χ1) is 12.0. The molecular formula is C19H18F2N2O2. The molecule has 2 aromatic carbocycles. The predicted octanol–water partition coefficient (Wildman–Crippen LogP) is 2.94. The van der Waals surface area contributed by atoms with Gasteiger partial charge in [0.2, 0.25) is 11.8 Å². The summed E-state index contributed by atoms with van der Waals surface area (Å²) in [5.74, 6) is -1.86. The van der Waals surface area contributed by atoms with Crippen LogP contribution in [0.1, 0.15) is 17.5 Å². The van der Waals surface area contributed by atoms with Gasteiger partial charge in [-0.25, -0.2) is 8.78 Å². The number of anilines is 1. The second-order valence-electron chi connectivity index (χ2n) is 6.15. The molecule has 25 heavy (non-hydrogen) atoms. The standard InChI is InChI=1S/C19H18F2N2O2/c1-12-6-7-15(9-17(12)21)23-11-14(8-18(23)24)19(25)22-10-13-4-2-3-5-16(13)20/h2-7,9,14H,8,10-11H2,1H3,(H,22,25)/t14-/m1/s1. The van der Waals surface area contributed by atoms with E-state index in [1.54, 1.807) is 37.3 Å². The highest BCUT2D eigenvalue weighted by atomic mass is 19.1. The lowest BCUT2D eigenvalue weighted by Crippen LogP contribution is -2.32. The van der Waals surface area contributed by atoms with Crippen LogP contribution in [-0.4, -0.2) is 18.4 Å². The first kappa shape index (κ1) is 17.1. The third-order valence-electron chi connectivity index (χ3n) is 4.37. The van der Waals surface area contributed by atoms with E-state index >= 15 is 0 Å². The van der Waals surface area contributed by atoms with Gasteiger partial charge in [0.25, 0.3) is 0 Å². The van der Waals surface area contributed by atoms with Crippen molar-refractivity contribution in [2.75, 3.05) is 11.4 Å². The van der Waals surface area contributed by atoms with E-state index in [4.69, 9.17) is 0 Å². The van der Waals surface area contributed by atoms with Crippen LogP contribution in [-0.2, 0) is 16.1 Å². The van der Waals surface area contributed by atoms with Gasteiger partial charge in [-0.15, -0.1) is 0 Å². The molecule has 3 rings (SSSR count). The van der Waals surface area contributed by atoms with Gasteiger partial charge in [0.1, 0.15) is 11.6 Å². The van der Waals surface area contributed by atoms with Crippen LogP contribution in [0.2, 0.25) is 0 Å². The average molecular weight is 344 g/mol. The van der Waals surface area contributed by atoms with Crippen molar-refractivity contribution in [1.82, 2.24) is 5.32 Å². The van der Waals surface area contributed by atoms with Crippen molar-refractivity contribution in [2.45, 2.75) is 19.9 Å². The zero-order chi connectivity index (χ0) is 18.0. The highest BCUT2D eigenvalue weighted by Gasteiger charge is 2.35. The SMILES string of the molecule is Cc1ccc(N2C[C@H](C(=O)NCc3ccccc3F)CC2=O)cc1F. The van der Waals surface area contributed by atoms with E-state index in [0.29, 0.717) is 16.8 Å². The van der Waals surface area contributed by atoms with E-state index in [1.165, 1.54) is 17.0 Å². The van der Waals surface area contributed by atoms with Gasteiger partial charge in [0.15, 0.2) is 0 Å². The molecule has 0 spiro atoms. The largest absolute Gasteiger partial charge is 0.352 e. The van der Waals surface area contributed by atoms with E-state index in [9.17, 15) is 18.4 Å². The maximum Gasteiger partial charge on any atom is 0.227 e. The molecule has 4 nitrogen and oxygen atoms in total. The van der Waals surface area contributed by atoms with E-state index in [2.05, 4.69) is 5.32 Å². The fourth-order valence-electron chi connectivity index (χ4n) is 2.85. The Morgan fingerprint density at radius 3 is 2.68 bits per heavy atom. The molecule has 0 unspecified atom stereocenters. The van der Waals surface area contributed by atoms with Crippen LogP contribution in [0.3, 0.4) is 0 Å². The second kappa shape index (κ2) is 7.01. The maximum atomic E-state index is 13.7. The van der Waals surface area contributed by atoms with Crippen molar-refractivity contribution in [1.29, 1.82) is 0 Å². The van der Waals surface area contributed by atoms with E-state index in [1.807, 2.05) is 0 Å². The minimum atomic E-state index is -0.538. The molecule has 130 valence electrons. The number of halogens is 2. The molecule has 0 radical (unpaired) electrons. The molecule has 0 aliphatic carbocycles. The highest BCUT2D eigenvalue weighted by molar-refractivity contribution is 6.00. The van der Waals surface area contributed by atoms with E-state index < -0.39 is 11.7 Å². The van der Waals surface area contributed by atoms with Gasteiger partial charge in [-0.2, -0.15) is 0 Å². The second-order valence-corrected chi connectivity index (χ2v) is 6.15. The molecule has 0 saturated carbocycles. The van der Waals surface area contributed by atoms with Gasteiger partial charge in [-0.1, -0.05) is 24.3 Å².